The van der Waals surface area contributed by atoms with Crippen LogP contribution in [0.5, 0.6) is 0 Å². The van der Waals surface area contributed by atoms with Gasteiger partial charge in [0.2, 0.25) is 6.61 Å². The summed E-state index contributed by atoms with van der Waals surface area (Å²) in [4.78, 5) is 24.9. The fraction of sp³-hybridized carbons (Fsp3) is 0.286. The van der Waals surface area contributed by atoms with Crippen LogP contribution < -0.4 is 0 Å². The maximum Gasteiger partial charge on any atom is 0.513 e. The van der Waals surface area contributed by atoms with Crippen molar-refractivity contribution in [3.63, 3.8) is 0 Å². The fourth-order valence-corrected chi connectivity index (χ4v) is 4.84. The molecule has 5 rings (SSSR count). The number of pyridine rings is 1. The van der Waals surface area contributed by atoms with Crippen molar-refractivity contribution in [3.8, 4) is 22.4 Å². The maximum atomic E-state index is 11.2. The number of aliphatic hydroxyl groups excluding tert-OH is 1. The third-order valence-electron chi connectivity index (χ3n) is 7.35. The van der Waals surface area contributed by atoms with Gasteiger partial charge in [0.1, 0.15) is 11.8 Å². The molecular formula is C35H37IrNO5. The number of hydrogen-bond acceptors (Lipinski definition) is 5. The molecule has 1 heterocycles. The van der Waals surface area contributed by atoms with Gasteiger partial charge in [0, 0.05) is 26.3 Å². The first-order valence-corrected chi connectivity index (χ1v) is 13.9. The Bertz CT molecular complexity index is 1590. The predicted octanol–water partition coefficient (Wildman–Crippen LogP) is 7.56. The van der Waals surface area contributed by atoms with Crippen LogP contribution in [-0.4, -0.2) is 40.0 Å². The number of rotatable bonds is 7. The molecule has 0 spiro atoms. The second-order valence-corrected chi connectivity index (χ2v) is 10.7. The van der Waals surface area contributed by atoms with Crippen molar-refractivity contribution >= 4 is 22.7 Å². The molecule has 1 aliphatic rings. The molecule has 0 aliphatic heterocycles. The molecule has 4 aromatic rings. The first kappa shape index (κ1) is 32.7. The molecule has 1 aromatic heterocycles. The van der Waals surface area contributed by atoms with E-state index in [2.05, 4.69) is 85.6 Å². The molecule has 0 saturated heterocycles. The van der Waals surface area contributed by atoms with Gasteiger partial charge in [-0.05, 0) is 40.8 Å². The van der Waals surface area contributed by atoms with E-state index in [0.717, 1.165) is 23.8 Å². The molecule has 1 aliphatic carbocycles. The largest absolute Gasteiger partial charge is 0.513 e. The second-order valence-electron chi connectivity index (χ2n) is 10.7. The van der Waals surface area contributed by atoms with Crippen molar-refractivity contribution in [1.29, 1.82) is 0 Å². The molecule has 0 bridgehead atoms. The van der Waals surface area contributed by atoms with E-state index in [4.69, 9.17) is 19.4 Å². The van der Waals surface area contributed by atoms with Crippen LogP contribution in [0.4, 0.5) is 0 Å². The summed E-state index contributed by atoms with van der Waals surface area (Å²) in [5, 5.41) is 11.2. The van der Waals surface area contributed by atoms with Gasteiger partial charge in [-0.3, -0.25) is 4.79 Å². The van der Waals surface area contributed by atoms with Gasteiger partial charge in [-0.1, -0.05) is 93.4 Å². The van der Waals surface area contributed by atoms with Crippen molar-refractivity contribution < 1.29 is 44.3 Å². The number of nitrogens with zero attached hydrogens (tertiary/aromatic N) is 1. The number of aromatic nitrogens is 1. The topological polar surface area (TPSA) is 90.0 Å². The molecular weight excluding hydrogens is 707 g/mol. The van der Waals surface area contributed by atoms with E-state index in [1.807, 2.05) is 19.2 Å². The van der Waals surface area contributed by atoms with Crippen LogP contribution in [0.15, 0.2) is 84.8 Å². The summed E-state index contributed by atoms with van der Waals surface area (Å²) >= 11 is 0. The summed E-state index contributed by atoms with van der Waals surface area (Å²) in [6.45, 7) is 9.82. The van der Waals surface area contributed by atoms with Gasteiger partial charge in [0.15, 0.2) is 6.61 Å². The second kappa shape index (κ2) is 14.4. The molecule has 1 atom stereocenters. The zero-order valence-electron chi connectivity index (χ0n) is 24.6. The smallest absolute Gasteiger partial charge is 0.512 e. The minimum atomic E-state index is -0.403. The van der Waals surface area contributed by atoms with Gasteiger partial charge in [0.25, 0.3) is 0 Å². The van der Waals surface area contributed by atoms with Gasteiger partial charge in [-0.15, -0.1) is 29.3 Å². The van der Waals surface area contributed by atoms with Gasteiger partial charge in [0.05, 0.1) is 5.92 Å². The molecule has 3 aromatic carbocycles. The minimum absolute atomic E-state index is 0. The summed E-state index contributed by atoms with van der Waals surface area (Å²) in [6, 6.07) is 27.1. The van der Waals surface area contributed by atoms with Crippen LogP contribution in [-0.2, 0) is 39.8 Å². The Morgan fingerprint density at radius 3 is 2.40 bits per heavy atom. The number of fused-ring (bicyclic) bond motifs is 4. The third-order valence-corrected chi connectivity index (χ3v) is 7.35. The fourth-order valence-electron chi connectivity index (χ4n) is 4.84. The number of carbonyl (C=O) groups excluding carboxylic acids is 2. The van der Waals surface area contributed by atoms with Crippen molar-refractivity contribution in [3.05, 3.63) is 102 Å². The van der Waals surface area contributed by atoms with Crippen LogP contribution in [0.2, 0.25) is 0 Å². The van der Waals surface area contributed by atoms with E-state index in [1.54, 1.807) is 6.92 Å². The molecule has 7 heteroatoms. The summed E-state index contributed by atoms with van der Waals surface area (Å²) in [5.41, 5.74) is 7.42. The molecule has 1 radical (unpaired) electrons. The monoisotopic (exact) mass is 744 g/mol. The van der Waals surface area contributed by atoms with Crippen LogP contribution in [0.1, 0.15) is 52.2 Å². The van der Waals surface area contributed by atoms with Gasteiger partial charge >= 0.3 is 11.9 Å². The predicted molar refractivity (Wildman–Crippen MR) is 163 cm³/mol. The first-order chi connectivity index (χ1) is 19.6. The molecule has 2 N–H and O–H groups in total. The average molecular weight is 744 g/mol. The van der Waals surface area contributed by atoms with Crippen molar-refractivity contribution in [2.45, 2.75) is 46.5 Å². The van der Waals surface area contributed by atoms with Crippen molar-refractivity contribution in [2.75, 3.05) is 13.2 Å². The summed E-state index contributed by atoms with van der Waals surface area (Å²) in [5.74, 6) is -0.870. The van der Waals surface area contributed by atoms with E-state index in [9.17, 15) is 4.79 Å². The molecule has 221 valence electrons. The van der Waals surface area contributed by atoms with Gasteiger partial charge in [-0.25, -0.2) is 0 Å². The zero-order chi connectivity index (χ0) is 29.6. The van der Waals surface area contributed by atoms with E-state index in [1.165, 1.54) is 39.9 Å². The number of carbonyl (C=O) groups is 1. The SMILES string of the molecule is CC1(C)c2ccccc2-c2c[c-]c(-c3cc4ccccc4cn3)cc21.CCC(C)C(=O)OCCOC(=[OH+])/C=C(/C)O.[Ir]. The molecule has 0 saturated carbocycles. The van der Waals surface area contributed by atoms with Crippen molar-refractivity contribution in [1.82, 2.24) is 4.98 Å². The van der Waals surface area contributed by atoms with Crippen LogP contribution in [0, 0.1) is 12.0 Å². The zero-order valence-corrected chi connectivity index (χ0v) is 27.0. The average Bonchev–Trinajstić information content (AvgIpc) is 3.20. The molecule has 42 heavy (non-hydrogen) atoms. The molecule has 1 unspecified atom stereocenters. The Morgan fingerprint density at radius 2 is 1.69 bits per heavy atom. The quantitative estimate of drug-likeness (QED) is 0.0527. The number of allylic oxidation sites excluding steroid dienone is 1. The third kappa shape index (κ3) is 7.53. The maximum absolute atomic E-state index is 11.2. The number of ether oxygens (including phenoxy) is 2. The Morgan fingerprint density at radius 1 is 1.02 bits per heavy atom. The Kier molecular flexibility index (Phi) is 11.2. The summed E-state index contributed by atoms with van der Waals surface area (Å²) < 4.78 is 9.65. The number of esters is 2. The normalized spacial score (nSPS) is 13.5. The minimum Gasteiger partial charge on any atom is -0.512 e. The van der Waals surface area contributed by atoms with E-state index >= 15 is 0 Å². The van der Waals surface area contributed by atoms with Crippen LogP contribution >= 0.6 is 0 Å². The van der Waals surface area contributed by atoms with E-state index in [-0.39, 0.29) is 56.4 Å². The summed E-state index contributed by atoms with van der Waals surface area (Å²) in [6.07, 6.45) is 3.74. The first-order valence-electron chi connectivity index (χ1n) is 13.9. The molecule has 0 amide bonds. The van der Waals surface area contributed by atoms with Gasteiger partial charge in [-0.2, -0.15) is 0 Å². The standard InChI is InChI=1S/C24H18N.C11H18O5.Ir/c1-24(2)21-10-6-5-9-19(21)20-12-11-17(13-22(20)24)23-14-16-7-3-4-8-18(16)15-25-23;1-4-8(2)11(14)16-6-5-15-10(13)7-9(3)12;/h3-10,12-15H,1-2H3;7-8,12H,4-6H2,1-3H3;/q-1;;/p+1/b;9-7-;. The van der Waals surface area contributed by atoms with E-state index in [0.29, 0.717) is 0 Å². The summed E-state index contributed by atoms with van der Waals surface area (Å²) in [7, 11) is 0. The Hall–Kier alpha value is -3.80. The number of aliphatic hydroxyl groups is 1. The van der Waals surface area contributed by atoms with Crippen LogP contribution in [0.3, 0.4) is 0 Å². The van der Waals surface area contributed by atoms with Gasteiger partial charge < -0.3 is 24.4 Å². The molecule has 6 nitrogen and oxygen atoms in total. The number of hydrogen-bond donors (Lipinski definition) is 1. The Balaban J connectivity index is 0.000000251. The van der Waals surface area contributed by atoms with Crippen LogP contribution in [0.25, 0.3) is 33.2 Å². The number of benzene rings is 3. The molecule has 0 fully saturated rings. The van der Waals surface area contributed by atoms with E-state index < -0.39 is 5.97 Å². The Labute approximate surface area is 261 Å². The van der Waals surface area contributed by atoms with Crippen molar-refractivity contribution in [2.24, 2.45) is 5.92 Å².